The van der Waals surface area contributed by atoms with Crippen molar-refractivity contribution in [1.29, 1.82) is 0 Å². The number of nitrogens with zero attached hydrogens (tertiary/aromatic N) is 2. The topological polar surface area (TPSA) is 98.0 Å². The Morgan fingerprint density at radius 2 is 1.88 bits per heavy atom. The van der Waals surface area contributed by atoms with E-state index in [9.17, 15) is 10.1 Å². The molecular formula is C17H18N4O4S. The average Bonchev–Trinajstić information content (AvgIpc) is 2.66. The predicted molar refractivity (Wildman–Crippen MR) is 104 cm³/mol. The maximum Gasteiger partial charge on any atom is 0.270 e. The second-order valence-electron chi connectivity index (χ2n) is 5.14. The molecular weight excluding hydrogens is 356 g/mol. The molecule has 0 aliphatic rings. The summed E-state index contributed by atoms with van der Waals surface area (Å²) in [6.45, 7) is 1.73. The lowest BCUT2D eigenvalue weighted by Crippen LogP contribution is -2.25. The van der Waals surface area contributed by atoms with Crippen LogP contribution in [0, 0.1) is 10.1 Å². The van der Waals surface area contributed by atoms with Crippen molar-refractivity contribution in [1.82, 2.24) is 5.43 Å². The van der Waals surface area contributed by atoms with Crippen molar-refractivity contribution in [3.05, 3.63) is 58.1 Å². The quantitative estimate of drug-likeness (QED) is 0.346. The van der Waals surface area contributed by atoms with Gasteiger partial charge in [0.05, 0.1) is 24.9 Å². The van der Waals surface area contributed by atoms with Gasteiger partial charge in [0, 0.05) is 29.4 Å². The van der Waals surface area contributed by atoms with Crippen LogP contribution in [0.25, 0.3) is 0 Å². The number of anilines is 1. The average molecular weight is 374 g/mol. The van der Waals surface area contributed by atoms with Crippen LogP contribution in [-0.2, 0) is 0 Å². The number of thiocarbonyl (C=S) groups is 1. The van der Waals surface area contributed by atoms with Crippen molar-refractivity contribution >= 4 is 34.4 Å². The summed E-state index contributed by atoms with van der Waals surface area (Å²) in [7, 11) is 3.10. The normalized spacial score (nSPS) is 10.8. The van der Waals surface area contributed by atoms with E-state index in [0.717, 1.165) is 0 Å². The van der Waals surface area contributed by atoms with Gasteiger partial charge >= 0.3 is 0 Å². The molecule has 0 bridgehead atoms. The summed E-state index contributed by atoms with van der Waals surface area (Å²) in [5.41, 5.74) is 4.60. The summed E-state index contributed by atoms with van der Waals surface area (Å²) in [6.07, 6.45) is 0. The molecule has 0 spiro atoms. The minimum Gasteiger partial charge on any atom is -0.493 e. The second kappa shape index (κ2) is 8.77. The van der Waals surface area contributed by atoms with Crippen LogP contribution < -0.4 is 20.2 Å². The molecule has 0 saturated carbocycles. The van der Waals surface area contributed by atoms with Crippen LogP contribution in [0.5, 0.6) is 11.5 Å². The third-order valence-electron chi connectivity index (χ3n) is 3.44. The van der Waals surface area contributed by atoms with Crippen LogP contribution in [0.15, 0.2) is 47.6 Å². The van der Waals surface area contributed by atoms with Crippen LogP contribution in [0.4, 0.5) is 11.4 Å². The number of methoxy groups -OCH3 is 2. The molecule has 0 saturated heterocycles. The van der Waals surface area contributed by atoms with Crippen molar-refractivity contribution in [2.24, 2.45) is 5.10 Å². The summed E-state index contributed by atoms with van der Waals surface area (Å²) in [5, 5.41) is 18.2. The highest BCUT2D eigenvalue weighted by Gasteiger charge is 2.08. The van der Waals surface area contributed by atoms with E-state index in [0.29, 0.717) is 28.5 Å². The lowest BCUT2D eigenvalue weighted by atomic mass is 10.1. The molecule has 0 amide bonds. The van der Waals surface area contributed by atoms with Gasteiger partial charge in [-0.2, -0.15) is 5.10 Å². The molecule has 0 unspecified atom stereocenters. The number of ether oxygens (including phenoxy) is 2. The van der Waals surface area contributed by atoms with E-state index in [-0.39, 0.29) is 10.8 Å². The highest BCUT2D eigenvalue weighted by molar-refractivity contribution is 7.80. The van der Waals surface area contributed by atoms with E-state index in [2.05, 4.69) is 15.8 Å². The minimum atomic E-state index is -0.451. The lowest BCUT2D eigenvalue weighted by Gasteiger charge is -2.11. The summed E-state index contributed by atoms with van der Waals surface area (Å²) in [4.78, 5) is 10.4. The molecule has 0 fully saturated rings. The molecule has 9 heteroatoms. The summed E-state index contributed by atoms with van der Waals surface area (Å²) >= 11 is 5.20. The van der Waals surface area contributed by atoms with Crippen LogP contribution in [-0.4, -0.2) is 30.0 Å². The zero-order valence-corrected chi connectivity index (χ0v) is 15.3. The Morgan fingerprint density at radius 3 is 2.54 bits per heavy atom. The number of rotatable bonds is 6. The van der Waals surface area contributed by atoms with Crippen molar-refractivity contribution in [2.75, 3.05) is 19.5 Å². The maximum absolute atomic E-state index is 10.8. The number of nitro benzene ring substituents is 1. The fourth-order valence-electron chi connectivity index (χ4n) is 2.12. The summed E-state index contributed by atoms with van der Waals surface area (Å²) in [6, 6.07) is 11.5. The Labute approximate surface area is 156 Å². The standard InChI is InChI=1S/C17H18N4O4S/c1-11(12-5-4-6-14(9-12)21(22)23)19-20-17(26)18-13-7-8-15(24-2)16(10-13)25-3/h4-10H,1-3H3,(H2,18,20,26)/b19-11+. The third-order valence-corrected chi connectivity index (χ3v) is 3.63. The number of nitrogens with one attached hydrogen (secondary N) is 2. The number of benzene rings is 2. The van der Waals surface area contributed by atoms with Gasteiger partial charge in [0.25, 0.3) is 5.69 Å². The SMILES string of the molecule is COc1ccc(NC(=S)N/N=C(\C)c2cccc([N+](=O)[O-])c2)cc1OC. The molecule has 26 heavy (non-hydrogen) atoms. The molecule has 0 radical (unpaired) electrons. The van der Waals surface area contributed by atoms with Gasteiger partial charge in [-0.25, -0.2) is 0 Å². The second-order valence-corrected chi connectivity index (χ2v) is 5.55. The van der Waals surface area contributed by atoms with Gasteiger partial charge < -0.3 is 14.8 Å². The van der Waals surface area contributed by atoms with Crippen molar-refractivity contribution in [3.63, 3.8) is 0 Å². The van der Waals surface area contributed by atoms with Gasteiger partial charge in [-0.1, -0.05) is 12.1 Å². The monoisotopic (exact) mass is 374 g/mol. The fraction of sp³-hybridized carbons (Fsp3) is 0.176. The maximum atomic E-state index is 10.8. The minimum absolute atomic E-state index is 0.00285. The first kappa shape index (κ1) is 19.1. The first-order valence-electron chi connectivity index (χ1n) is 7.52. The zero-order chi connectivity index (χ0) is 19.1. The van der Waals surface area contributed by atoms with Gasteiger partial charge in [-0.05, 0) is 31.3 Å². The Kier molecular flexibility index (Phi) is 6.45. The number of nitro groups is 1. The van der Waals surface area contributed by atoms with Crippen LogP contribution >= 0.6 is 12.2 Å². The summed E-state index contributed by atoms with van der Waals surface area (Å²) < 4.78 is 10.4. The molecule has 2 aromatic rings. The molecule has 0 aromatic heterocycles. The lowest BCUT2D eigenvalue weighted by molar-refractivity contribution is -0.384. The first-order chi connectivity index (χ1) is 12.4. The molecule has 0 aliphatic carbocycles. The number of hydrogen-bond donors (Lipinski definition) is 2. The largest absolute Gasteiger partial charge is 0.493 e. The number of non-ortho nitro benzene ring substituents is 1. The summed E-state index contributed by atoms with van der Waals surface area (Å²) in [5.74, 6) is 1.17. The van der Waals surface area contributed by atoms with Gasteiger partial charge in [-0.15, -0.1) is 0 Å². The van der Waals surface area contributed by atoms with E-state index in [4.69, 9.17) is 21.7 Å². The van der Waals surface area contributed by atoms with Gasteiger partial charge in [0.15, 0.2) is 16.6 Å². The van der Waals surface area contributed by atoms with Crippen molar-refractivity contribution < 1.29 is 14.4 Å². The fourth-order valence-corrected chi connectivity index (χ4v) is 2.28. The third kappa shape index (κ3) is 4.90. The van der Waals surface area contributed by atoms with E-state index in [1.165, 1.54) is 12.1 Å². The molecule has 2 N–H and O–H groups in total. The Hall–Kier alpha value is -3.20. The van der Waals surface area contributed by atoms with Gasteiger partial charge in [0.1, 0.15) is 0 Å². The van der Waals surface area contributed by atoms with E-state index in [1.807, 2.05) is 0 Å². The molecule has 0 heterocycles. The molecule has 136 valence electrons. The smallest absolute Gasteiger partial charge is 0.270 e. The molecule has 2 aromatic carbocycles. The Balaban J connectivity index is 2.04. The van der Waals surface area contributed by atoms with Crippen LogP contribution in [0.1, 0.15) is 12.5 Å². The van der Waals surface area contributed by atoms with Crippen LogP contribution in [0.2, 0.25) is 0 Å². The predicted octanol–water partition coefficient (Wildman–Crippen LogP) is 3.32. The molecule has 8 nitrogen and oxygen atoms in total. The van der Waals surface area contributed by atoms with Crippen molar-refractivity contribution in [2.45, 2.75) is 6.92 Å². The molecule has 2 rings (SSSR count). The Bertz CT molecular complexity index is 854. The van der Waals surface area contributed by atoms with E-state index >= 15 is 0 Å². The number of hydrazone groups is 1. The Morgan fingerprint density at radius 1 is 1.15 bits per heavy atom. The molecule has 0 aliphatic heterocycles. The van der Waals surface area contributed by atoms with Gasteiger partial charge in [-0.3, -0.25) is 15.5 Å². The van der Waals surface area contributed by atoms with E-state index in [1.54, 1.807) is 51.5 Å². The van der Waals surface area contributed by atoms with Crippen molar-refractivity contribution in [3.8, 4) is 11.5 Å². The number of hydrogen-bond acceptors (Lipinski definition) is 6. The zero-order valence-electron chi connectivity index (χ0n) is 14.5. The first-order valence-corrected chi connectivity index (χ1v) is 7.93. The highest BCUT2D eigenvalue weighted by Crippen LogP contribution is 2.29. The van der Waals surface area contributed by atoms with E-state index < -0.39 is 4.92 Å². The highest BCUT2D eigenvalue weighted by atomic mass is 32.1. The van der Waals surface area contributed by atoms with Crippen LogP contribution in [0.3, 0.4) is 0 Å². The molecule has 0 atom stereocenters. The van der Waals surface area contributed by atoms with Gasteiger partial charge in [0.2, 0.25) is 0 Å².